The lowest BCUT2D eigenvalue weighted by atomic mass is 10.1. The molecule has 0 aromatic heterocycles. The van der Waals surface area contributed by atoms with Gasteiger partial charge in [-0.3, -0.25) is 10.1 Å². The van der Waals surface area contributed by atoms with Crippen molar-refractivity contribution in [3.05, 3.63) is 33.4 Å². The molecule has 0 aliphatic carbocycles. The molecule has 1 rings (SSSR count). The van der Waals surface area contributed by atoms with Crippen molar-refractivity contribution in [1.82, 2.24) is 4.72 Å². The maximum absolute atomic E-state index is 12.1. The second-order valence-corrected chi connectivity index (χ2v) is 6.11. The first-order valence-corrected chi connectivity index (χ1v) is 7.15. The smallest absolute Gasteiger partial charge is 0.273 e. The molecule has 1 atom stereocenters. The van der Waals surface area contributed by atoms with Gasteiger partial charge in [0.25, 0.3) is 5.69 Å². The summed E-state index contributed by atoms with van der Waals surface area (Å²) in [6.45, 7) is 4.98. The lowest BCUT2D eigenvalue weighted by Gasteiger charge is -2.13. The van der Waals surface area contributed by atoms with Crippen molar-refractivity contribution in [3.63, 3.8) is 0 Å². The van der Waals surface area contributed by atoms with E-state index < -0.39 is 21.0 Å². The van der Waals surface area contributed by atoms with Crippen LogP contribution in [0.3, 0.4) is 0 Å². The molecule has 0 amide bonds. The summed E-state index contributed by atoms with van der Waals surface area (Å²) < 4.78 is 26.5. The van der Waals surface area contributed by atoms with Crippen molar-refractivity contribution < 1.29 is 13.3 Å². The molecule has 0 heterocycles. The van der Waals surface area contributed by atoms with E-state index in [2.05, 4.69) is 4.72 Å². The van der Waals surface area contributed by atoms with E-state index in [0.717, 1.165) is 6.07 Å². The molecule has 7 nitrogen and oxygen atoms in total. The fourth-order valence-electron chi connectivity index (χ4n) is 1.53. The summed E-state index contributed by atoms with van der Waals surface area (Å²) in [4.78, 5) is 10.2. The molecular weight excluding hydrogens is 270 g/mol. The molecule has 3 N–H and O–H groups in total. The first kappa shape index (κ1) is 15.5. The van der Waals surface area contributed by atoms with E-state index in [9.17, 15) is 18.5 Å². The molecule has 0 radical (unpaired) electrons. The van der Waals surface area contributed by atoms with Crippen LogP contribution in [-0.2, 0) is 10.0 Å². The van der Waals surface area contributed by atoms with Gasteiger partial charge in [-0.25, -0.2) is 13.1 Å². The Kier molecular flexibility index (Phi) is 4.61. The third kappa shape index (κ3) is 3.49. The van der Waals surface area contributed by atoms with Crippen LogP contribution >= 0.6 is 0 Å². The Hall–Kier alpha value is -1.51. The molecule has 0 fully saturated rings. The van der Waals surface area contributed by atoms with Crippen LogP contribution in [0.1, 0.15) is 18.1 Å². The molecule has 0 saturated carbocycles. The maximum atomic E-state index is 12.1. The molecule has 106 valence electrons. The topological polar surface area (TPSA) is 115 Å². The number of sulfonamides is 1. The summed E-state index contributed by atoms with van der Waals surface area (Å²) >= 11 is 0. The fraction of sp³-hybridized carbons (Fsp3) is 0.455. The van der Waals surface area contributed by atoms with Crippen LogP contribution in [0.4, 0.5) is 5.69 Å². The summed E-state index contributed by atoms with van der Waals surface area (Å²) in [6.07, 6.45) is 0. The van der Waals surface area contributed by atoms with Gasteiger partial charge in [-0.05, 0) is 32.4 Å². The minimum Gasteiger partial charge on any atom is -0.329 e. The van der Waals surface area contributed by atoms with Gasteiger partial charge in [-0.1, -0.05) is 0 Å². The maximum Gasteiger partial charge on any atom is 0.273 e. The Balaban J connectivity index is 3.32. The number of nitrogens with two attached hydrogens (primary N) is 1. The van der Waals surface area contributed by atoms with Crippen LogP contribution in [0.15, 0.2) is 17.0 Å². The predicted molar refractivity (Wildman–Crippen MR) is 71.4 cm³/mol. The molecule has 0 aliphatic heterocycles. The number of rotatable bonds is 5. The van der Waals surface area contributed by atoms with Gasteiger partial charge in [0.2, 0.25) is 10.0 Å². The van der Waals surface area contributed by atoms with Crippen molar-refractivity contribution in [1.29, 1.82) is 0 Å². The van der Waals surface area contributed by atoms with E-state index >= 15 is 0 Å². The Labute approximate surface area is 112 Å². The zero-order valence-corrected chi connectivity index (χ0v) is 11.8. The minimum absolute atomic E-state index is 0.123. The lowest BCUT2D eigenvalue weighted by Crippen LogP contribution is -2.37. The number of nitro groups is 1. The summed E-state index contributed by atoms with van der Waals surface area (Å²) in [6, 6.07) is 2.03. The first-order valence-electron chi connectivity index (χ1n) is 5.67. The highest BCUT2D eigenvalue weighted by Crippen LogP contribution is 2.25. The summed E-state index contributed by atoms with van der Waals surface area (Å²) in [5.74, 6) is 0. The Morgan fingerprint density at radius 3 is 2.47 bits per heavy atom. The predicted octanol–water partition coefficient (Wildman–Crippen LogP) is 0.837. The normalized spacial score (nSPS) is 13.3. The number of hydrogen-bond donors (Lipinski definition) is 2. The molecule has 19 heavy (non-hydrogen) atoms. The molecule has 1 unspecified atom stereocenters. The van der Waals surface area contributed by atoms with E-state index in [4.69, 9.17) is 5.73 Å². The van der Waals surface area contributed by atoms with Crippen LogP contribution in [-0.4, -0.2) is 25.9 Å². The number of nitro benzene ring substituents is 1. The van der Waals surface area contributed by atoms with Gasteiger partial charge in [-0.15, -0.1) is 0 Å². The Morgan fingerprint density at radius 1 is 1.42 bits per heavy atom. The van der Waals surface area contributed by atoms with E-state index in [-0.39, 0.29) is 17.1 Å². The largest absolute Gasteiger partial charge is 0.329 e. The molecular formula is C11H17N3O4S. The second kappa shape index (κ2) is 5.64. The molecule has 8 heteroatoms. The third-order valence-electron chi connectivity index (χ3n) is 2.83. The molecule has 1 aromatic rings. The highest BCUT2D eigenvalue weighted by molar-refractivity contribution is 7.89. The average molecular weight is 287 g/mol. The van der Waals surface area contributed by atoms with E-state index in [1.807, 2.05) is 0 Å². The van der Waals surface area contributed by atoms with Gasteiger partial charge >= 0.3 is 0 Å². The number of aryl methyl sites for hydroxylation is 1. The number of benzene rings is 1. The Morgan fingerprint density at radius 2 is 2.00 bits per heavy atom. The molecule has 0 aliphatic rings. The van der Waals surface area contributed by atoms with Crippen LogP contribution < -0.4 is 10.5 Å². The van der Waals surface area contributed by atoms with Gasteiger partial charge in [0, 0.05) is 24.2 Å². The number of nitrogens with zero attached hydrogens (tertiary/aromatic N) is 1. The second-order valence-electron chi connectivity index (χ2n) is 4.40. The van der Waals surface area contributed by atoms with Crippen LogP contribution in [0.5, 0.6) is 0 Å². The van der Waals surface area contributed by atoms with Gasteiger partial charge < -0.3 is 5.73 Å². The highest BCUT2D eigenvalue weighted by Gasteiger charge is 2.22. The van der Waals surface area contributed by atoms with Crippen molar-refractivity contribution in [3.8, 4) is 0 Å². The molecule has 0 saturated heterocycles. The summed E-state index contributed by atoms with van der Waals surface area (Å²) in [5.41, 5.74) is 6.15. The summed E-state index contributed by atoms with van der Waals surface area (Å²) in [7, 11) is -3.80. The third-order valence-corrected chi connectivity index (χ3v) is 4.40. The zero-order valence-electron chi connectivity index (χ0n) is 11.0. The van der Waals surface area contributed by atoms with Crippen LogP contribution in [0.2, 0.25) is 0 Å². The molecule has 0 bridgehead atoms. The van der Waals surface area contributed by atoms with E-state index in [1.54, 1.807) is 20.8 Å². The minimum atomic E-state index is -3.80. The van der Waals surface area contributed by atoms with Gasteiger partial charge in [0.15, 0.2) is 0 Å². The van der Waals surface area contributed by atoms with Crippen LogP contribution in [0.25, 0.3) is 0 Å². The average Bonchev–Trinajstić information content (AvgIpc) is 2.31. The Bertz CT molecular complexity index is 598. The lowest BCUT2D eigenvalue weighted by molar-refractivity contribution is -0.385. The molecule has 0 spiro atoms. The van der Waals surface area contributed by atoms with Crippen molar-refractivity contribution in [2.75, 3.05) is 6.54 Å². The number of nitrogens with one attached hydrogen (secondary N) is 1. The zero-order chi connectivity index (χ0) is 14.8. The monoisotopic (exact) mass is 287 g/mol. The van der Waals surface area contributed by atoms with Crippen molar-refractivity contribution >= 4 is 15.7 Å². The van der Waals surface area contributed by atoms with Crippen molar-refractivity contribution in [2.45, 2.75) is 31.7 Å². The fourth-order valence-corrected chi connectivity index (χ4v) is 2.89. The number of hydrogen-bond acceptors (Lipinski definition) is 5. The standard InChI is InChI=1S/C11H17N3O4S/c1-7-4-10(5-11(9(7)3)14(15)16)19(17,18)13-8(2)6-12/h4-5,8,13H,6,12H2,1-3H3. The van der Waals surface area contributed by atoms with Crippen molar-refractivity contribution in [2.24, 2.45) is 5.73 Å². The quantitative estimate of drug-likeness (QED) is 0.615. The van der Waals surface area contributed by atoms with Gasteiger partial charge in [-0.2, -0.15) is 0 Å². The SMILES string of the molecule is Cc1cc(S(=O)(=O)NC(C)CN)cc([N+](=O)[O-])c1C. The van der Waals surface area contributed by atoms with Crippen LogP contribution in [0, 0.1) is 24.0 Å². The van der Waals surface area contributed by atoms with E-state index in [1.165, 1.54) is 6.07 Å². The highest BCUT2D eigenvalue weighted by atomic mass is 32.2. The first-order chi connectivity index (χ1) is 8.69. The van der Waals surface area contributed by atoms with Gasteiger partial charge in [0.05, 0.1) is 9.82 Å². The van der Waals surface area contributed by atoms with E-state index in [0.29, 0.717) is 11.1 Å². The van der Waals surface area contributed by atoms with Gasteiger partial charge in [0.1, 0.15) is 0 Å². The summed E-state index contributed by atoms with van der Waals surface area (Å²) in [5, 5.41) is 10.9. The molecule has 1 aromatic carbocycles.